The minimum absolute atomic E-state index is 0.00504. The first-order chi connectivity index (χ1) is 13.5. The maximum absolute atomic E-state index is 13.5. The van der Waals surface area contributed by atoms with E-state index in [1.54, 1.807) is 24.4 Å². The summed E-state index contributed by atoms with van der Waals surface area (Å²) in [4.78, 5) is 21.0. The molecule has 0 bridgehead atoms. The molecule has 0 spiro atoms. The summed E-state index contributed by atoms with van der Waals surface area (Å²) in [7, 11) is 0. The monoisotopic (exact) mass is 376 g/mol. The second-order valence-electron chi connectivity index (χ2n) is 7.45. The number of pyridine rings is 2. The highest BCUT2D eigenvalue weighted by molar-refractivity contribution is 5.93. The molecule has 1 aliphatic carbocycles. The Morgan fingerprint density at radius 1 is 1.18 bits per heavy atom. The lowest BCUT2D eigenvalue weighted by molar-refractivity contribution is 0.112. The second-order valence-corrected chi connectivity index (χ2v) is 7.45. The van der Waals surface area contributed by atoms with Crippen LogP contribution in [0.25, 0.3) is 22.4 Å². The summed E-state index contributed by atoms with van der Waals surface area (Å²) in [6.45, 7) is 4.01. The van der Waals surface area contributed by atoms with E-state index in [0.29, 0.717) is 11.3 Å². The van der Waals surface area contributed by atoms with Gasteiger partial charge < -0.3 is 5.11 Å². The Morgan fingerprint density at radius 3 is 2.61 bits per heavy atom. The van der Waals surface area contributed by atoms with Gasteiger partial charge in [-0.25, -0.2) is 9.37 Å². The van der Waals surface area contributed by atoms with Gasteiger partial charge in [-0.1, -0.05) is 26.0 Å². The fraction of sp³-hybridized carbons (Fsp3) is 0.261. The number of aldehydes is 1. The van der Waals surface area contributed by atoms with Gasteiger partial charge in [-0.05, 0) is 59.6 Å². The van der Waals surface area contributed by atoms with Crippen LogP contribution in [0.2, 0.25) is 0 Å². The van der Waals surface area contributed by atoms with Crippen molar-refractivity contribution in [1.82, 2.24) is 9.97 Å². The van der Waals surface area contributed by atoms with Crippen LogP contribution in [-0.2, 0) is 12.8 Å². The zero-order valence-electron chi connectivity index (χ0n) is 15.9. The molecular weight excluding hydrogens is 355 g/mol. The van der Waals surface area contributed by atoms with E-state index in [4.69, 9.17) is 4.98 Å². The summed E-state index contributed by atoms with van der Waals surface area (Å²) in [6, 6.07) is 7.93. The quantitative estimate of drug-likeness (QED) is 0.648. The fourth-order valence-electron chi connectivity index (χ4n) is 3.99. The molecular formula is C23H21FN2O2. The molecule has 4 nitrogen and oxygen atoms in total. The maximum Gasteiger partial charge on any atom is 0.210 e. The molecule has 0 fully saturated rings. The maximum atomic E-state index is 13.5. The number of benzene rings is 1. The minimum atomic E-state index is -0.314. The third-order valence-electron chi connectivity index (χ3n) is 5.27. The predicted molar refractivity (Wildman–Crippen MR) is 106 cm³/mol. The van der Waals surface area contributed by atoms with E-state index in [1.165, 1.54) is 12.1 Å². The predicted octanol–water partition coefficient (Wildman–Crippen LogP) is 5.08. The molecule has 0 unspecified atom stereocenters. The van der Waals surface area contributed by atoms with Gasteiger partial charge in [0.2, 0.25) is 5.88 Å². The topological polar surface area (TPSA) is 63.1 Å². The Bertz CT molecular complexity index is 1060. The molecule has 0 aliphatic heterocycles. The molecule has 0 amide bonds. The number of aromatic hydroxyl groups is 1. The van der Waals surface area contributed by atoms with Crippen LogP contribution in [0.4, 0.5) is 4.39 Å². The van der Waals surface area contributed by atoms with Gasteiger partial charge in [0.15, 0.2) is 6.29 Å². The Labute approximate surface area is 163 Å². The van der Waals surface area contributed by atoms with Crippen LogP contribution < -0.4 is 0 Å². The third kappa shape index (κ3) is 3.07. The molecule has 142 valence electrons. The average Bonchev–Trinajstić information content (AvgIpc) is 2.85. The number of halogens is 1. The summed E-state index contributed by atoms with van der Waals surface area (Å²) in [5.74, 6) is -0.276. The van der Waals surface area contributed by atoms with E-state index < -0.39 is 0 Å². The van der Waals surface area contributed by atoms with E-state index in [-0.39, 0.29) is 17.6 Å². The molecule has 2 aromatic heterocycles. The van der Waals surface area contributed by atoms with Gasteiger partial charge in [0, 0.05) is 23.4 Å². The summed E-state index contributed by atoms with van der Waals surface area (Å²) in [5.41, 5.74) is 6.57. The van der Waals surface area contributed by atoms with Crippen molar-refractivity contribution in [3.05, 3.63) is 64.7 Å². The third-order valence-corrected chi connectivity index (χ3v) is 5.27. The first-order valence-corrected chi connectivity index (χ1v) is 9.45. The van der Waals surface area contributed by atoms with Gasteiger partial charge >= 0.3 is 0 Å². The molecule has 0 saturated heterocycles. The van der Waals surface area contributed by atoms with Crippen molar-refractivity contribution in [2.75, 3.05) is 0 Å². The van der Waals surface area contributed by atoms with Crippen LogP contribution in [0.5, 0.6) is 5.88 Å². The second kappa shape index (κ2) is 7.15. The number of aryl methyl sites for hydroxylation is 1. The van der Waals surface area contributed by atoms with Crippen molar-refractivity contribution in [2.45, 2.75) is 39.0 Å². The van der Waals surface area contributed by atoms with E-state index in [2.05, 4.69) is 4.98 Å². The van der Waals surface area contributed by atoms with Crippen molar-refractivity contribution in [3.63, 3.8) is 0 Å². The smallest absolute Gasteiger partial charge is 0.210 e. The van der Waals surface area contributed by atoms with E-state index in [9.17, 15) is 14.3 Å². The highest BCUT2D eigenvalue weighted by atomic mass is 19.1. The number of nitrogens with zero attached hydrogens (tertiary/aromatic N) is 2. The lowest BCUT2D eigenvalue weighted by Crippen LogP contribution is -2.08. The molecule has 28 heavy (non-hydrogen) atoms. The number of fused-ring (bicyclic) bond motifs is 3. The van der Waals surface area contributed by atoms with Crippen LogP contribution in [0.1, 0.15) is 53.4 Å². The number of rotatable bonds is 3. The zero-order chi connectivity index (χ0) is 19.8. The van der Waals surface area contributed by atoms with Crippen molar-refractivity contribution < 1.29 is 14.3 Å². The minimum Gasteiger partial charge on any atom is -0.493 e. The van der Waals surface area contributed by atoms with Gasteiger partial charge in [-0.3, -0.25) is 9.78 Å². The first kappa shape index (κ1) is 18.3. The van der Waals surface area contributed by atoms with Crippen molar-refractivity contribution >= 4 is 6.29 Å². The van der Waals surface area contributed by atoms with Crippen LogP contribution in [0, 0.1) is 5.82 Å². The number of carbonyl (C=O) groups is 1. The Balaban J connectivity index is 2.09. The zero-order valence-corrected chi connectivity index (χ0v) is 15.9. The summed E-state index contributed by atoms with van der Waals surface area (Å²) in [6.07, 6.45) is 4.91. The first-order valence-electron chi connectivity index (χ1n) is 9.45. The van der Waals surface area contributed by atoms with Gasteiger partial charge in [-0.15, -0.1) is 0 Å². The molecule has 4 rings (SSSR count). The molecule has 1 aromatic carbocycles. The number of aromatic nitrogens is 2. The van der Waals surface area contributed by atoms with E-state index >= 15 is 0 Å². The van der Waals surface area contributed by atoms with Gasteiger partial charge in [0.25, 0.3) is 0 Å². The van der Waals surface area contributed by atoms with Gasteiger partial charge in [-0.2, -0.15) is 0 Å². The fourth-order valence-corrected chi connectivity index (χ4v) is 3.99. The Morgan fingerprint density at radius 2 is 1.93 bits per heavy atom. The number of carbonyl (C=O) groups excluding carboxylic acids is 1. The van der Waals surface area contributed by atoms with Crippen molar-refractivity contribution in [2.24, 2.45) is 0 Å². The lowest BCUT2D eigenvalue weighted by Gasteiger charge is -2.20. The van der Waals surface area contributed by atoms with Crippen LogP contribution in [0.3, 0.4) is 0 Å². The molecule has 0 radical (unpaired) electrons. The van der Waals surface area contributed by atoms with Crippen LogP contribution in [-0.4, -0.2) is 21.4 Å². The largest absolute Gasteiger partial charge is 0.493 e. The van der Waals surface area contributed by atoms with E-state index in [0.717, 1.165) is 59.1 Å². The molecule has 1 aliphatic rings. The standard InChI is InChI=1S/C23H21FN2O2/c1-13(2)22-19(12-27)21(14-6-8-16(24)9-7-14)17-5-3-4-15-10-20(28)25-11-18(15)23(17)26-22/h6-13H,3-5H2,1-2H3,(H,25,28). The number of hydrogen-bond acceptors (Lipinski definition) is 4. The normalized spacial score (nSPS) is 13.0. The van der Waals surface area contributed by atoms with Crippen molar-refractivity contribution in [1.29, 1.82) is 0 Å². The highest BCUT2D eigenvalue weighted by Crippen LogP contribution is 2.41. The SMILES string of the molecule is CC(C)c1nc2c(c(-c3ccc(F)cc3)c1C=O)CCCc1cc(O)ncc1-2. The highest BCUT2D eigenvalue weighted by Gasteiger charge is 2.26. The summed E-state index contributed by atoms with van der Waals surface area (Å²) >= 11 is 0. The van der Waals surface area contributed by atoms with Crippen LogP contribution in [0.15, 0.2) is 36.5 Å². The van der Waals surface area contributed by atoms with E-state index in [1.807, 2.05) is 13.8 Å². The van der Waals surface area contributed by atoms with Gasteiger partial charge in [0.1, 0.15) is 5.82 Å². The molecule has 5 heteroatoms. The Hall–Kier alpha value is -3.08. The molecule has 2 heterocycles. The van der Waals surface area contributed by atoms with Crippen LogP contribution >= 0.6 is 0 Å². The average molecular weight is 376 g/mol. The summed E-state index contributed by atoms with van der Waals surface area (Å²) in [5, 5.41) is 9.80. The number of hydrogen-bond donors (Lipinski definition) is 1. The summed E-state index contributed by atoms with van der Waals surface area (Å²) < 4.78 is 13.5. The molecule has 0 atom stereocenters. The lowest BCUT2D eigenvalue weighted by atomic mass is 9.87. The molecule has 1 N–H and O–H groups in total. The van der Waals surface area contributed by atoms with Crippen molar-refractivity contribution in [3.8, 4) is 28.3 Å². The Kier molecular flexibility index (Phi) is 4.67. The molecule has 3 aromatic rings. The molecule has 0 saturated carbocycles. The van der Waals surface area contributed by atoms with Gasteiger partial charge in [0.05, 0.1) is 11.4 Å².